The second-order valence-corrected chi connectivity index (χ2v) is 8.08. The number of aromatic nitrogens is 4. The molecule has 1 spiro atoms. The largest absolute Gasteiger partial charge is 0.355 e. The Hall–Kier alpha value is -2.31. The van der Waals surface area contributed by atoms with E-state index in [1.54, 1.807) is 12.3 Å². The molecule has 7 heteroatoms. The van der Waals surface area contributed by atoms with Gasteiger partial charge in [0.25, 0.3) is 0 Å². The van der Waals surface area contributed by atoms with E-state index in [0.717, 1.165) is 49.4 Å². The van der Waals surface area contributed by atoms with Gasteiger partial charge < -0.3 is 10.6 Å². The molecule has 1 saturated heterocycles. The van der Waals surface area contributed by atoms with Crippen LogP contribution in [0.2, 0.25) is 5.15 Å². The molecule has 0 amide bonds. The van der Waals surface area contributed by atoms with E-state index >= 15 is 0 Å². The van der Waals surface area contributed by atoms with Crippen molar-refractivity contribution in [2.24, 2.45) is 11.1 Å². The van der Waals surface area contributed by atoms with E-state index in [1.165, 1.54) is 11.3 Å². The van der Waals surface area contributed by atoms with Crippen LogP contribution in [0.15, 0.2) is 30.5 Å². The quantitative estimate of drug-likeness (QED) is 0.653. The van der Waals surface area contributed by atoms with Crippen molar-refractivity contribution in [3.8, 4) is 0 Å². The van der Waals surface area contributed by atoms with Crippen LogP contribution in [0.4, 0.5) is 5.82 Å². The number of nitrogens with zero attached hydrogens (tertiary/aromatic N) is 5. The molecule has 0 radical (unpaired) electrons. The molecule has 1 aliphatic heterocycles. The Labute approximate surface area is 162 Å². The maximum Gasteiger partial charge on any atom is 0.179 e. The average molecular weight is 381 g/mol. The fraction of sp³-hybridized carbons (Fsp3) is 0.400. The van der Waals surface area contributed by atoms with Crippen molar-refractivity contribution in [2.45, 2.75) is 32.2 Å². The van der Waals surface area contributed by atoms with Crippen molar-refractivity contribution >= 4 is 28.6 Å². The van der Waals surface area contributed by atoms with E-state index < -0.39 is 0 Å². The third-order valence-corrected chi connectivity index (χ3v) is 6.31. The number of anilines is 1. The molecule has 138 valence electrons. The molecular weight excluding hydrogens is 360 g/mol. The van der Waals surface area contributed by atoms with Gasteiger partial charge in [-0.3, -0.25) is 4.98 Å². The van der Waals surface area contributed by atoms with Crippen LogP contribution < -0.4 is 10.6 Å². The molecule has 4 heterocycles. The van der Waals surface area contributed by atoms with E-state index in [4.69, 9.17) is 27.3 Å². The lowest BCUT2D eigenvalue weighted by atomic mass is 9.73. The minimum atomic E-state index is 0.0665. The highest BCUT2D eigenvalue weighted by molar-refractivity contribution is 6.29. The fourth-order valence-corrected chi connectivity index (χ4v) is 4.66. The summed E-state index contributed by atoms with van der Waals surface area (Å²) < 4.78 is 0. The van der Waals surface area contributed by atoms with Crippen LogP contribution in [0, 0.1) is 12.3 Å². The van der Waals surface area contributed by atoms with Gasteiger partial charge in [-0.25, -0.2) is 15.0 Å². The first-order valence-corrected chi connectivity index (χ1v) is 9.68. The lowest BCUT2D eigenvalue weighted by Crippen LogP contribution is -2.44. The third-order valence-electron chi connectivity index (χ3n) is 6.10. The van der Waals surface area contributed by atoms with E-state index in [9.17, 15) is 0 Å². The lowest BCUT2D eigenvalue weighted by Gasteiger charge is -2.42. The second kappa shape index (κ2) is 6.11. The maximum atomic E-state index is 6.67. The predicted octanol–water partition coefficient (Wildman–Crippen LogP) is 3.22. The number of pyridine rings is 2. The lowest BCUT2D eigenvalue weighted by molar-refractivity contribution is 0.186. The normalized spacial score (nSPS) is 21.0. The predicted molar refractivity (Wildman–Crippen MR) is 106 cm³/mol. The first-order valence-electron chi connectivity index (χ1n) is 9.30. The number of rotatable bonds is 1. The van der Waals surface area contributed by atoms with Crippen molar-refractivity contribution in [1.82, 2.24) is 19.9 Å². The van der Waals surface area contributed by atoms with Crippen LogP contribution in [0.1, 0.15) is 35.8 Å². The summed E-state index contributed by atoms with van der Waals surface area (Å²) in [5, 5.41) is 0.433. The minimum Gasteiger partial charge on any atom is -0.355 e. The Morgan fingerprint density at radius 1 is 1.11 bits per heavy atom. The molecule has 0 bridgehead atoms. The number of fused-ring (bicyclic) bond motifs is 2. The summed E-state index contributed by atoms with van der Waals surface area (Å²) in [6, 6.07) is 7.91. The van der Waals surface area contributed by atoms with Crippen LogP contribution in [-0.4, -0.2) is 33.0 Å². The van der Waals surface area contributed by atoms with Crippen LogP contribution in [-0.2, 0) is 6.42 Å². The molecule has 1 atom stereocenters. The van der Waals surface area contributed by atoms with Gasteiger partial charge in [0.05, 0.1) is 6.20 Å². The summed E-state index contributed by atoms with van der Waals surface area (Å²) in [5.74, 6) is 0.888. The van der Waals surface area contributed by atoms with E-state index in [-0.39, 0.29) is 11.5 Å². The molecule has 1 fully saturated rings. The monoisotopic (exact) mass is 380 g/mol. The topological polar surface area (TPSA) is 80.8 Å². The van der Waals surface area contributed by atoms with Crippen molar-refractivity contribution in [1.29, 1.82) is 0 Å². The standard InChI is InChI=1S/C20H21ClN6/c1-12-2-3-13-15(24-12)10-20(18(13)22)6-8-27(9-7-20)17-11-23-19-14(25-17)4-5-16(21)26-19/h2-5,11,18H,6-10,22H2,1H3/t18-/m1/s1. The Morgan fingerprint density at radius 3 is 2.74 bits per heavy atom. The van der Waals surface area contributed by atoms with Gasteiger partial charge in [-0.05, 0) is 55.4 Å². The first-order chi connectivity index (χ1) is 13.0. The number of nitrogens with two attached hydrogens (primary N) is 1. The molecule has 6 nitrogen and oxygen atoms in total. The molecule has 1 aliphatic carbocycles. The van der Waals surface area contributed by atoms with Gasteiger partial charge in [0.15, 0.2) is 5.65 Å². The van der Waals surface area contributed by atoms with Crippen molar-refractivity contribution in [3.05, 3.63) is 52.6 Å². The smallest absolute Gasteiger partial charge is 0.179 e. The number of hydrogen-bond donors (Lipinski definition) is 1. The van der Waals surface area contributed by atoms with Crippen molar-refractivity contribution in [3.63, 3.8) is 0 Å². The van der Waals surface area contributed by atoms with Gasteiger partial charge in [-0.2, -0.15) is 0 Å². The molecule has 2 N–H and O–H groups in total. The molecule has 2 aliphatic rings. The zero-order valence-corrected chi connectivity index (χ0v) is 15.9. The van der Waals surface area contributed by atoms with Crippen molar-refractivity contribution < 1.29 is 0 Å². The van der Waals surface area contributed by atoms with Crippen molar-refractivity contribution in [2.75, 3.05) is 18.0 Å². The van der Waals surface area contributed by atoms with E-state index in [2.05, 4.69) is 27.0 Å². The van der Waals surface area contributed by atoms with Gasteiger partial charge in [0, 0.05) is 30.5 Å². The van der Waals surface area contributed by atoms with E-state index in [1.807, 2.05) is 13.0 Å². The zero-order valence-electron chi connectivity index (χ0n) is 15.2. The molecule has 0 saturated carbocycles. The summed E-state index contributed by atoms with van der Waals surface area (Å²) in [6.07, 6.45) is 4.83. The Bertz CT molecular complexity index is 1030. The van der Waals surface area contributed by atoms with Gasteiger partial charge in [0.1, 0.15) is 16.5 Å². The van der Waals surface area contributed by atoms with Crippen LogP contribution >= 0.6 is 11.6 Å². The summed E-state index contributed by atoms with van der Waals surface area (Å²) in [4.78, 5) is 20.4. The fourth-order valence-electron chi connectivity index (χ4n) is 4.51. The van der Waals surface area contributed by atoms with Gasteiger partial charge in [0.2, 0.25) is 0 Å². The number of aryl methyl sites for hydroxylation is 1. The molecule has 3 aromatic rings. The van der Waals surface area contributed by atoms with Gasteiger partial charge >= 0.3 is 0 Å². The number of hydrogen-bond acceptors (Lipinski definition) is 6. The highest BCUT2D eigenvalue weighted by Gasteiger charge is 2.46. The average Bonchev–Trinajstić information content (AvgIpc) is 2.93. The first kappa shape index (κ1) is 16.8. The van der Waals surface area contributed by atoms with Crippen LogP contribution in [0.25, 0.3) is 11.2 Å². The SMILES string of the molecule is Cc1ccc2c(n1)CC1(CCN(c3cnc4nc(Cl)ccc4n3)CC1)[C@@H]2N. The second-order valence-electron chi connectivity index (χ2n) is 7.70. The summed E-state index contributed by atoms with van der Waals surface area (Å²) >= 11 is 5.93. The highest BCUT2D eigenvalue weighted by atomic mass is 35.5. The zero-order chi connectivity index (χ0) is 18.6. The Balaban J connectivity index is 1.37. The molecule has 5 rings (SSSR count). The number of halogens is 1. The molecule has 3 aromatic heterocycles. The van der Waals surface area contributed by atoms with Crippen LogP contribution in [0.5, 0.6) is 0 Å². The highest BCUT2D eigenvalue weighted by Crippen LogP contribution is 2.50. The molecule has 0 unspecified atom stereocenters. The molecule has 0 aromatic carbocycles. The maximum absolute atomic E-state index is 6.67. The number of piperidine rings is 1. The molecular formula is C20H21ClN6. The summed E-state index contributed by atoms with van der Waals surface area (Å²) in [7, 11) is 0. The summed E-state index contributed by atoms with van der Waals surface area (Å²) in [5.41, 5.74) is 11.6. The Morgan fingerprint density at radius 2 is 1.93 bits per heavy atom. The Kier molecular flexibility index (Phi) is 3.81. The van der Waals surface area contributed by atoms with Gasteiger partial charge in [-0.1, -0.05) is 17.7 Å². The van der Waals surface area contributed by atoms with E-state index in [0.29, 0.717) is 10.8 Å². The van der Waals surface area contributed by atoms with Crippen LogP contribution in [0.3, 0.4) is 0 Å². The minimum absolute atomic E-state index is 0.0665. The summed E-state index contributed by atoms with van der Waals surface area (Å²) in [6.45, 7) is 3.88. The molecule has 27 heavy (non-hydrogen) atoms. The third kappa shape index (κ3) is 2.75. The van der Waals surface area contributed by atoms with Gasteiger partial charge in [-0.15, -0.1) is 0 Å².